The number of anilines is 1. The molecular formula is C18H24N2O4. The van der Waals surface area contributed by atoms with Crippen molar-refractivity contribution in [1.29, 1.82) is 0 Å². The summed E-state index contributed by atoms with van der Waals surface area (Å²) >= 11 is 0. The first kappa shape index (κ1) is 18.0. The van der Waals surface area contributed by atoms with E-state index in [4.69, 9.17) is 4.74 Å². The lowest BCUT2D eigenvalue weighted by Crippen LogP contribution is -2.49. The van der Waals surface area contributed by atoms with Crippen LogP contribution in [0.3, 0.4) is 0 Å². The quantitative estimate of drug-likeness (QED) is 0.810. The minimum atomic E-state index is -0.664. The van der Waals surface area contributed by atoms with Crippen LogP contribution in [-0.4, -0.2) is 36.8 Å². The minimum absolute atomic E-state index is 0.0203. The third-order valence-corrected chi connectivity index (χ3v) is 3.82. The number of rotatable bonds is 6. The third kappa shape index (κ3) is 3.93. The van der Waals surface area contributed by atoms with Gasteiger partial charge >= 0.3 is 0 Å². The summed E-state index contributed by atoms with van der Waals surface area (Å²) in [6, 6.07) is 4.99. The van der Waals surface area contributed by atoms with Gasteiger partial charge in [-0.25, -0.2) is 0 Å². The van der Waals surface area contributed by atoms with Crippen LogP contribution in [0.1, 0.15) is 44.5 Å². The van der Waals surface area contributed by atoms with E-state index in [2.05, 4.69) is 5.32 Å². The molecule has 130 valence electrons. The zero-order chi connectivity index (χ0) is 17.9. The highest BCUT2D eigenvalue weighted by atomic mass is 16.5. The van der Waals surface area contributed by atoms with Crippen LogP contribution in [-0.2, 0) is 9.59 Å². The molecule has 24 heavy (non-hydrogen) atoms. The average Bonchev–Trinajstić information content (AvgIpc) is 2.56. The molecule has 0 aromatic heterocycles. The van der Waals surface area contributed by atoms with Gasteiger partial charge in [0.15, 0.2) is 11.9 Å². The third-order valence-electron chi connectivity index (χ3n) is 3.82. The highest BCUT2D eigenvalue weighted by molar-refractivity contribution is 6.05. The molecular weight excluding hydrogens is 308 g/mol. The van der Waals surface area contributed by atoms with Crippen LogP contribution < -0.4 is 15.0 Å². The van der Waals surface area contributed by atoms with Crippen molar-refractivity contribution in [3.8, 4) is 5.75 Å². The second-order valence-electron chi connectivity index (χ2n) is 6.34. The number of hydrogen-bond donors (Lipinski definition) is 1. The summed E-state index contributed by atoms with van der Waals surface area (Å²) in [6.07, 6.45) is -0.290. The molecule has 1 N–H and O–H groups in total. The Morgan fingerprint density at radius 3 is 2.67 bits per heavy atom. The predicted octanol–water partition coefficient (Wildman–Crippen LogP) is 2.17. The number of nitrogens with one attached hydrogen (secondary N) is 1. The fourth-order valence-corrected chi connectivity index (χ4v) is 2.47. The highest BCUT2D eigenvalue weighted by Gasteiger charge is 2.33. The molecule has 1 unspecified atom stereocenters. The Kier molecular flexibility index (Phi) is 5.59. The molecule has 0 spiro atoms. The topological polar surface area (TPSA) is 75.7 Å². The van der Waals surface area contributed by atoms with Gasteiger partial charge in [-0.1, -0.05) is 20.8 Å². The molecule has 0 radical (unpaired) electrons. The number of ether oxygens (including phenoxy) is 1. The molecule has 0 bridgehead atoms. The molecule has 1 aromatic carbocycles. The monoisotopic (exact) mass is 332 g/mol. The molecule has 0 fully saturated rings. The fraction of sp³-hybridized carbons (Fsp3) is 0.500. The van der Waals surface area contributed by atoms with Gasteiger partial charge in [0.2, 0.25) is 5.91 Å². The number of hydrogen-bond acceptors (Lipinski definition) is 4. The summed E-state index contributed by atoms with van der Waals surface area (Å²) in [7, 11) is 0. The Hall–Kier alpha value is -2.37. The van der Waals surface area contributed by atoms with E-state index < -0.39 is 6.10 Å². The number of fused-ring (bicyclic) bond motifs is 1. The maximum Gasteiger partial charge on any atom is 0.268 e. The van der Waals surface area contributed by atoms with Crippen LogP contribution in [0.25, 0.3) is 0 Å². The van der Waals surface area contributed by atoms with Crippen LogP contribution in [0.15, 0.2) is 18.2 Å². The molecule has 1 aromatic rings. The first-order chi connectivity index (χ1) is 11.3. The molecule has 1 aliphatic rings. The molecule has 0 aliphatic carbocycles. The van der Waals surface area contributed by atoms with Crippen molar-refractivity contribution in [2.24, 2.45) is 5.92 Å². The van der Waals surface area contributed by atoms with Gasteiger partial charge in [-0.05, 0) is 31.0 Å². The number of carbonyl (C=O) groups is 3. The zero-order valence-corrected chi connectivity index (χ0v) is 14.6. The Bertz CT molecular complexity index is 654. The predicted molar refractivity (Wildman–Crippen MR) is 91.4 cm³/mol. The number of benzene rings is 1. The van der Waals surface area contributed by atoms with E-state index in [-0.39, 0.29) is 24.1 Å². The van der Waals surface area contributed by atoms with Crippen molar-refractivity contribution in [2.45, 2.75) is 40.2 Å². The largest absolute Gasteiger partial charge is 0.479 e. The Morgan fingerprint density at radius 1 is 1.33 bits per heavy atom. The lowest BCUT2D eigenvalue weighted by atomic mass is 10.1. The van der Waals surface area contributed by atoms with Gasteiger partial charge in [-0.2, -0.15) is 0 Å². The van der Waals surface area contributed by atoms with Crippen molar-refractivity contribution >= 4 is 23.3 Å². The van der Waals surface area contributed by atoms with Crippen molar-refractivity contribution in [3.63, 3.8) is 0 Å². The summed E-state index contributed by atoms with van der Waals surface area (Å²) in [5, 5.41) is 2.80. The number of amides is 2. The maximum absolute atomic E-state index is 12.4. The van der Waals surface area contributed by atoms with E-state index in [1.54, 1.807) is 32.0 Å². The van der Waals surface area contributed by atoms with Gasteiger partial charge in [-0.3, -0.25) is 19.3 Å². The lowest BCUT2D eigenvalue weighted by molar-refractivity contribution is -0.128. The fourth-order valence-electron chi connectivity index (χ4n) is 2.47. The molecule has 6 nitrogen and oxygen atoms in total. The van der Waals surface area contributed by atoms with Crippen molar-refractivity contribution in [3.05, 3.63) is 23.8 Å². The van der Waals surface area contributed by atoms with E-state index in [1.165, 1.54) is 4.90 Å². The molecule has 0 saturated heterocycles. The summed E-state index contributed by atoms with van der Waals surface area (Å²) in [6.45, 7) is 7.89. The van der Waals surface area contributed by atoms with Gasteiger partial charge in [-0.15, -0.1) is 0 Å². The molecule has 6 heteroatoms. The van der Waals surface area contributed by atoms with Crippen molar-refractivity contribution in [1.82, 2.24) is 5.32 Å². The van der Waals surface area contributed by atoms with E-state index in [9.17, 15) is 14.4 Å². The normalized spacial score (nSPS) is 16.6. The van der Waals surface area contributed by atoms with Gasteiger partial charge in [0.1, 0.15) is 12.3 Å². The van der Waals surface area contributed by atoms with E-state index in [0.29, 0.717) is 35.9 Å². The Balaban J connectivity index is 2.28. The summed E-state index contributed by atoms with van der Waals surface area (Å²) in [5.41, 5.74) is 0.979. The maximum atomic E-state index is 12.4. The van der Waals surface area contributed by atoms with Gasteiger partial charge in [0.05, 0.1) is 5.69 Å². The van der Waals surface area contributed by atoms with Gasteiger partial charge in [0.25, 0.3) is 5.91 Å². The Labute approximate surface area is 142 Å². The summed E-state index contributed by atoms with van der Waals surface area (Å²) < 4.78 is 5.59. The molecule has 2 rings (SSSR count). The minimum Gasteiger partial charge on any atom is -0.479 e. The number of Topliss-reactive ketones (excluding diaryl/α,β-unsaturated/α-hetero) is 1. The molecule has 0 saturated carbocycles. The van der Waals surface area contributed by atoms with E-state index >= 15 is 0 Å². The molecule has 1 aliphatic heterocycles. The van der Waals surface area contributed by atoms with Crippen LogP contribution in [0, 0.1) is 5.92 Å². The van der Waals surface area contributed by atoms with Crippen molar-refractivity contribution < 1.29 is 19.1 Å². The lowest BCUT2D eigenvalue weighted by Gasteiger charge is -2.33. The number of ketones is 1. The second-order valence-corrected chi connectivity index (χ2v) is 6.34. The first-order valence-corrected chi connectivity index (χ1v) is 8.25. The molecule has 1 atom stereocenters. The number of carbonyl (C=O) groups excluding carboxylic acids is 3. The standard InChI is InChI=1S/C18H24N2O4/c1-5-15(21)13-6-7-16-14(8-13)20(18(23)12(4)24-16)10-17(22)19-9-11(2)3/h6-8,11-12H,5,9-10H2,1-4H3,(H,19,22). The number of nitrogens with zero attached hydrogens (tertiary/aromatic N) is 1. The average molecular weight is 332 g/mol. The molecule has 1 heterocycles. The summed E-state index contributed by atoms with van der Waals surface area (Å²) in [5.74, 6) is 0.293. The SMILES string of the molecule is CCC(=O)c1ccc2c(c1)N(CC(=O)NCC(C)C)C(=O)C(C)O2. The van der Waals surface area contributed by atoms with Crippen LogP contribution in [0.5, 0.6) is 5.75 Å². The van der Waals surface area contributed by atoms with E-state index in [0.717, 1.165) is 0 Å². The van der Waals surface area contributed by atoms with Crippen LogP contribution in [0.2, 0.25) is 0 Å². The zero-order valence-electron chi connectivity index (χ0n) is 14.6. The van der Waals surface area contributed by atoms with Crippen molar-refractivity contribution in [2.75, 3.05) is 18.0 Å². The summed E-state index contributed by atoms with van der Waals surface area (Å²) in [4.78, 5) is 37.9. The smallest absolute Gasteiger partial charge is 0.268 e. The van der Waals surface area contributed by atoms with Crippen LogP contribution in [0.4, 0.5) is 5.69 Å². The van der Waals surface area contributed by atoms with E-state index in [1.807, 2.05) is 13.8 Å². The Morgan fingerprint density at radius 2 is 2.04 bits per heavy atom. The second kappa shape index (κ2) is 7.47. The molecule has 2 amide bonds. The van der Waals surface area contributed by atoms with Gasteiger partial charge in [0, 0.05) is 18.5 Å². The highest BCUT2D eigenvalue weighted by Crippen LogP contribution is 2.35. The van der Waals surface area contributed by atoms with Crippen LogP contribution >= 0.6 is 0 Å². The first-order valence-electron chi connectivity index (χ1n) is 8.25. The van der Waals surface area contributed by atoms with Gasteiger partial charge < -0.3 is 10.1 Å².